The number of benzene rings is 1. The Morgan fingerprint density at radius 1 is 1.08 bits per heavy atom. The fourth-order valence-corrected chi connectivity index (χ4v) is 3.37. The number of amides is 1. The molecular weight excluding hydrogens is 312 g/mol. The molecule has 0 aliphatic carbocycles. The number of anilines is 2. The molecule has 2 aromatic rings. The molecule has 0 fully saturated rings. The maximum Gasteiger partial charge on any atom is 0.274 e. The number of fused-ring (bicyclic) bond motifs is 1. The molecule has 0 unspecified atom stereocenters. The Hall–Kier alpha value is -2.43. The molecule has 1 aromatic heterocycles. The average Bonchev–Trinajstić information content (AvgIpc) is 2.67. The first-order valence-corrected chi connectivity index (χ1v) is 9.23. The summed E-state index contributed by atoms with van der Waals surface area (Å²) in [6, 6.07) is 12.1. The molecule has 5 nitrogen and oxygen atoms in total. The van der Waals surface area contributed by atoms with Gasteiger partial charge >= 0.3 is 0 Å². The van der Waals surface area contributed by atoms with Crippen LogP contribution in [0.2, 0.25) is 0 Å². The lowest BCUT2D eigenvalue weighted by Gasteiger charge is -2.30. The summed E-state index contributed by atoms with van der Waals surface area (Å²) in [7, 11) is 0. The summed E-state index contributed by atoms with van der Waals surface area (Å²) in [5.41, 5.74) is 2.96. The van der Waals surface area contributed by atoms with E-state index in [0.717, 1.165) is 51.1 Å². The van der Waals surface area contributed by atoms with E-state index in [1.165, 1.54) is 11.3 Å². The van der Waals surface area contributed by atoms with Crippen molar-refractivity contribution in [1.82, 2.24) is 15.1 Å². The zero-order valence-electron chi connectivity index (χ0n) is 15.1. The third kappa shape index (κ3) is 3.81. The summed E-state index contributed by atoms with van der Waals surface area (Å²) in [6.07, 6.45) is 4.09. The van der Waals surface area contributed by atoms with Crippen molar-refractivity contribution in [2.45, 2.75) is 39.5 Å². The first-order chi connectivity index (χ1) is 12.2. The number of rotatable bonds is 6. The Balaban J connectivity index is 1.80. The van der Waals surface area contributed by atoms with Crippen LogP contribution in [0.25, 0.3) is 0 Å². The van der Waals surface area contributed by atoms with Gasteiger partial charge in [0.2, 0.25) is 0 Å². The monoisotopic (exact) mass is 338 g/mol. The van der Waals surface area contributed by atoms with Crippen LogP contribution in [0, 0.1) is 0 Å². The summed E-state index contributed by atoms with van der Waals surface area (Å²) in [5.74, 6) is 0.781. The molecule has 1 aliphatic heterocycles. The van der Waals surface area contributed by atoms with Gasteiger partial charge in [-0.05, 0) is 49.4 Å². The van der Waals surface area contributed by atoms with Crippen molar-refractivity contribution in [3.63, 3.8) is 0 Å². The average molecular weight is 338 g/mol. The second-order valence-electron chi connectivity index (χ2n) is 6.45. The Morgan fingerprint density at radius 3 is 2.52 bits per heavy atom. The lowest BCUT2D eigenvalue weighted by Crippen LogP contribution is -2.33. The summed E-state index contributed by atoms with van der Waals surface area (Å²) in [6.45, 7) is 6.61. The van der Waals surface area contributed by atoms with Crippen LogP contribution in [0.1, 0.15) is 49.2 Å². The van der Waals surface area contributed by atoms with Crippen molar-refractivity contribution in [3.8, 4) is 0 Å². The molecule has 25 heavy (non-hydrogen) atoms. The standard InChI is InChI=1S/C20H26N4O/c1-3-13-23(14-4-2)20(25)17-11-12-19(22-21-17)24-15-7-9-16-8-5-6-10-18(16)24/h5-6,8,10-12H,3-4,7,9,13-15H2,1-2H3. The highest BCUT2D eigenvalue weighted by molar-refractivity contribution is 5.92. The minimum absolute atomic E-state index is 0.0261. The van der Waals surface area contributed by atoms with Crippen LogP contribution in [-0.2, 0) is 6.42 Å². The predicted molar refractivity (Wildman–Crippen MR) is 100 cm³/mol. The van der Waals surface area contributed by atoms with Gasteiger partial charge in [0, 0.05) is 25.3 Å². The van der Waals surface area contributed by atoms with Gasteiger partial charge in [-0.2, -0.15) is 0 Å². The van der Waals surface area contributed by atoms with Gasteiger partial charge in [0.05, 0.1) is 0 Å². The Labute approximate surface area is 149 Å². The molecule has 0 saturated carbocycles. The number of para-hydroxylation sites is 1. The second-order valence-corrected chi connectivity index (χ2v) is 6.45. The largest absolute Gasteiger partial charge is 0.337 e. The predicted octanol–water partition coefficient (Wildman–Crippen LogP) is 3.82. The van der Waals surface area contributed by atoms with E-state index >= 15 is 0 Å². The summed E-state index contributed by atoms with van der Waals surface area (Å²) in [5, 5.41) is 8.58. The van der Waals surface area contributed by atoms with Crippen molar-refractivity contribution in [1.29, 1.82) is 0 Å². The van der Waals surface area contributed by atoms with Crippen molar-refractivity contribution in [3.05, 3.63) is 47.7 Å². The maximum atomic E-state index is 12.6. The van der Waals surface area contributed by atoms with Crippen LogP contribution >= 0.6 is 0 Å². The van der Waals surface area contributed by atoms with E-state index in [-0.39, 0.29) is 5.91 Å². The molecule has 1 aromatic carbocycles. The third-order valence-corrected chi connectivity index (χ3v) is 4.53. The Bertz CT molecular complexity index is 708. The zero-order chi connectivity index (χ0) is 17.6. The van der Waals surface area contributed by atoms with E-state index in [9.17, 15) is 4.79 Å². The highest BCUT2D eigenvalue weighted by Crippen LogP contribution is 2.31. The molecule has 0 spiro atoms. The number of aryl methyl sites for hydroxylation is 1. The minimum atomic E-state index is -0.0261. The van der Waals surface area contributed by atoms with Gasteiger partial charge in [0.25, 0.3) is 5.91 Å². The number of aromatic nitrogens is 2. The van der Waals surface area contributed by atoms with Gasteiger partial charge in [-0.3, -0.25) is 4.79 Å². The van der Waals surface area contributed by atoms with Crippen LogP contribution in [0.3, 0.4) is 0 Å². The fourth-order valence-electron chi connectivity index (χ4n) is 3.37. The van der Waals surface area contributed by atoms with Crippen LogP contribution in [0.4, 0.5) is 11.5 Å². The molecule has 0 bridgehead atoms. The molecule has 1 aliphatic rings. The number of nitrogens with zero attached hydrogens (tertiary/aromatic N) is 4. The summed E-state index contributed by atoms with van der Waals surface area (Å²) >= 11 is 0. The van der Waals surface area contributed by atoms with Crippen LogP contribution in [0.5, 0.6) is 0 Å². The Kier molecular flexibility index (Phi) is 5.64. The van der Waals surface area contributed by atoms with Crippen LogP contribution < -0.4 is 4.90 Å². The minimum Gasteiger partial charge on any atom is -0.337 e. The van der Waals surface area contributed by atoms with Crippen molar-refractivity contribution in [2.75, 3.05) is 24.5 Å². The highest BCUT2D eigenvalue weighted by atomic mass is 16.2. The van der Waals surface area contributed by atoms with Gasteiger partial charge in [0.15, 0.2) is 11.5 Å². The molecule has 3 rings (SSSR count). The summed E-state index contributed by atoms with van der Waals surface area (Å²) in [4.78, 5) is 16.7. The number of carbonyl (C=O) groups is 1. The van der Waals surface area contributed by atoms with Crippen LogP contribution in [-0.4, -0.2) is 40.6 Å². The molecule has 5 heteroatoms. The SMILES string of the molecule is CCCN(CCC)C(=O)c1ccc(N2CCCc3ccccc32)nn1. The molecular formula is C20H26N4O. The fraction of sp³-hybridized carbons (Fsp3) is 0.450. The number of hydrogen-bond donors (Lipinski definition) is 0. The van der Waals surface area contributed by atoms with E-state index in [4.69, 9.17) is 0 Å². The van der Waals surface area contributed by atoms with Gasteiger partial charge in [-0.15, -0.1) is 10.2 Å². The van der Waals surface area contributed by atoms with Crippen molar-refractivity contribution < 1.29 is 4.79 Å². The third-order valence-electron chi connectivity index (χ3n) is 4.53. The molecule has 0 N–H and O–H groups in total. The highest BCUT2D eigenvalue weighted by Gasteiger charge is 2.21. The quantitative estimate of drug-likeness (QED) is 0.803. The van der Waals surface area contributed by atoms with Gasteiger partial charge in [0.1, 0.15) is 0 Å². The summed E-state index contributed by atoms with van der Waals surface area (Å²) < 4.78 is 0. The van der Waals surface area contributed by atoms with Gasteiger partial charge < -0.3 is 9.80 Å². The van der Waals surface area contributed by atoms with Gasteiger partial charge in [-0.1, -0.05) is 32.0 Å². The van der Waals surface area contributed by atoms with Gasteiger partial charge in [-0.25, -0.2) is 0 Å². The molecule has 0 radical (unpaired) electrons. The number of hydrogen-bond acceptors (Lipinski definition) is 4. The first-order valence-electron chi connectivity index (χ1n) is 9.23. The molecule has 0 saturated heterocycles. The zero-order valence-corrected chi connectivity index (χ0v) is 15.1. The smallest absolute Gasteiger partial charge is 0.274 e. The topological polar surface area (TPSA) is 49.3 Å². The normalized spacial score (nSPS) is 13.4. The van der Waals surface area contributed by atoms with E-state index in [0.29, 0.717) is 5.69 Å². The van der Waals surface area contributed by atoms with Crippen LogP contribution in [0.15, 0.2) is 36.4 Å². The number of carbonyl (C=O) groups excluding carboxylic acids is 1. The molecule has 1 amide bonds. The Morgan fingerprint density at radius 2 is 1.84 bits per heavy atom. The van der Waals surface area contributed by atoms with Crippen molar-refractivity contribution >= 4 is 17.4 Å². The lowest BCUT2D eigenvalue weighted by molar-refractivity contribution is 0.0748. The van der Waals surface area contributed by atoms with E-state index in [1.54, 1.807) is 6.07 Å². The second kappa shape index (κ2) is 8.10. The maximum absolute atomic E-state index is 12.6. The van der Waals surface area contributed by atoms with E-state index in [2.05, 4.69) is 53.2 Å². The van der Waals surface area contributed by atoms with E-state index in [1.807, 2.05) is 11.0 Å². The van der Waals surface area contributed by atoms with E-state index < -0.39 is 0 Å². The molecule has 132 valence electrons. The first kappa shape index (κ1) is 17.4. The molecule has 2 heterocycles. The lowest BCUT2D eigenvalue weighted by atomic mass is 10.0. The van der Waals surface area contributed by atoms with Crippen molar-refractivity contribution in [2.24, 2.45) is 0 Å². The molecule has 0 atom stereocenters.